The Morgan fingerprint density at radius 3 is 2.11 bits per heavy atom. The minimum atomic E-state index is -1.51. The van der Waals surface area contributed by atoms with Crippen molar-refractivity contribution < 1.29 is 16.9 Å². The van der Waals surface area contributed by atoms with Crippen LogP contribution in [0.4, 0.5) is 11.4 Å². The fourth-order valence-electron chi connectivity index (χ4n) is 1.43. The lowest BCUT2D eigenvalue weighted by Gasteiger charge is -2.21. The fraction of sp³-hybridized carbons (Fsp3) is 0.455. The van der Waals surface area contributed by atoms with Gasteiger partial charge in [-0.3, -0.25) is 8.49 Å². The quantitative estimate of drug-likeness (QED) is 0.713. The van der Waals surface area contributed by atoms with Gasteiger partial charge in [0.2, 0.25) is 0 Å². The second-order valence-corrected chi connectivity index (χ2v) is 5.84. The Balaban J connectivity index is 2.85. The van der Waals surface area contributed by atoms with Crippen molar-refractivity contribution >= 4 is 33.7 Å². The maximum absolute atomic E-state index is 11.5. The number of hydrogen-bond donors (Lipinski definition) is 0. The summed E-state index contributed by atoms with van der Waals surface area (Å²) < 4.78 is 33.9. The number of rotatable bonds is 7. The van der Waals surface area contributed by atoms with Crippen molar-refractivity contribution in [2.45, 2.75) is 6.92 Å². The molecule has 8 heteroatoms. The molecule has 2 atom stereocenters. The van der Waals surface area contributed by atoms with Gasteiger partial charge in [0, 0.05) is 19.8 Å². The molecule has 0 heterocycles. The minimum absolute atomic E-state index is 0.568. The monoisotopic (exact) mass is 306 g/mol. The maximum Gasteiger partial charge on any atom is 0.263 e. The molecular weight excluding hydrogens is 288 g/mol. The second-order valence-electron chi connectivity index (χ2n) is 3.57. The van der Waals surface area contributed by atoms with Crippen LogP contribution >= 0.6 is 0 Å². The number of hydrogen-bond acceptors (Lipinski definition) is 5. The topological polar surface area (TPSA) is 59.1 Å². The number of hydroxylamine groups is 1. The molecule has 108 valence electrons. The SMILES string of the molecule is CCN(OS(C)=O)c1ccc(N(C)S(=O)OC)cc1. The molecule has 0 aliphatic carbocycles. The summed E-state index contributed by atoms with van der Waals surface area (Å²) in [6.45, 7) is 2.46. The Morgan fingerprint density at radius 1 is 1.16 bits per heavy atom. The van der Waals surface area contributed by atoms with Crippen LogP contribution in [0.3, 0.4) is 0 Å². The van der Waals surface area contributed by atoms with E-state index in [9.17, 15) is 8.42 Å². The first-order valence-electron chi connectivity index (χ1n) is 5.59. The molecule has 2 unspecified atom stereocenters. The van der Waals surface area contributed by atoms with E-state index in [4.69, 9.17) is 8.47 Å². The predicted octanol–water partition coefficient (Wildman–Crippen LogP) is 1.40. The van der Waals surface area contributed by atoms with Gasteiger partial charge in [-0.2, -0.15) is 4.28 Å². The van der Waals surface area contributed by atoms with Crippen LogP contribution in [0.15, 0.2) is 24.3 Å². The lowest BCUT2D eigenvalue weighted by Crippen LogP contribution is -2.24. The van der Waals surface area contributed by atoms with E-state index < -0.39 is 22.3 Å². The Labute approximate surface area is 118 Å². The van der Waals surface area contributed by atoms with Crippen molar-refractivity contribution in [1.29, 1.82) is 0 Å². The summed E-state index contributed by atoms with van der Waals surface area (Å²) in [6, 6.07) is 7.18. The lowest BCUT2D eigenvalue weighted by atomic mass is 10.3. The molecule has 6 nitrogen and oxygen atoms in total. The van der Waals surface area contributed by atoms with Crippen LogP contribution in [0, 0.1) is 0 Å². The summed E-state index contributed by atoms with van der Waals surface area (Å²) in [4.78, 5) is 0. The van der Waals surface area contributed by atoms with Gasteiger partial charge in [0.05, 0.1) is 18.5 Å². The van der Waals surface area contributed by atoms with Crippen LogP contribution in [0.25, 0.3) is 0 Å². The molecule has 0 spiro atoms. The molecule has 0 saturated carbocycles. The van der Waals surface area contributed by atoms with Crippen LogP contribution in [-0.2, 0) is 30.8 Å². The third-order valence-electron chi connectivity index (χ3n) is 2.35. The molecule has 0 amide bonds. The molecule has 0 N–H and O–H groups in total. The number of benzene rings is 1. The van der Waals surface area contributed by atoms with Crippen molar-refractivity contribution in [3.63, 3.8) is 0 Å². The van der Waals surface area contributed by atoms with Gasteiger partial charge in [-0.1, -0.05) is 0 Å². The van der Waals surface area contributed by atoms with Gasteiger partial charge in [-0.05, 0) is 31.2 Å². The minimum Gasteiger partial charge on any atom is -0.277 e. The number of anilines is 2. The third kappa shape index (κ3) is 4.57. The molecule has 1 aromatic rings. The molecule has 0 fully saturated rings. The van der Waals surface area contributed by atoms with Gasteiger partial charge in [-0.25, -0.2) is 13.5 Å². The standard InChI is InChI=1S/C11H18N2O4S2/c1-5-13(17-18(4)14)11-8-6-10(7-9-11)12(2)19(15)16-3/h6-9H,5H2,1-4H3. The summed E-state index contributed by atoms with van der Waals surface area (Å²) in [7, 11) is 3.05. The highest BCUT2D eigenvalue weighted by Gasteiger charge is 2.11. The highest BCUT2D eigenvalue weighted by atomic mass is 32.2. The molecule has 0 radical (unpaired) electrons. The van der Waals surface area contributed by atoms with Gasteiger partial charge < -0.3 is 0 Å². The van der Waals surface area contributed by atoms with Gasteiger partial charge in [0.1, 0.15) is 0 Å². The average molecular weight is 306 g/mol. The van der Waals surface area contributed by atoms with E-state index >= 15 is 0 Å². The van der Waals surface area contributed by atoms with E-state index in [-0.39, 0.29) is 0 Å². The molecule has 0 aliphatic rings. The van der Waals surface area contributed by atoms with Crippen LogP contribution in [0.2, 0.25) is 0 Å². The fourth-order valence-corrected chi connectivity index (χ4v) is 2.39. The Bertz CT molecular complexity index is 453. The largest absolute Gasteiger partial charge is 0.277 e. The molecule has 0 aromatic heterocycles. The zero-order valence-corrected chi connectivity index (χ0v) is 13.0. The molecule has 0 bridgehead atoms. The van der Waals surface area contributed by atoms with Gasteiger partial charge in [0.25, 0.3) is 11.3 Å². The van der Waals surface area contributed by atoms with E-state index in [0.717, 1.165) is 11.4 Å². The second kappa shape index (κ2) is 7.59. The first-order valence-corrected chi connectivity index (χ1v) is 8.10. The summed E-state index contributed by atoms with van der Waals surface area (Å²) >= 11 is -2.88. The highest BCUT2D eigenvalue weighted by Crippen LogP contribution is 2.21. The zero-order chi connectivity index (χ0) is 14.4. The normalized spacial score (nSPS) is 13.9. The van der Waals surface area contributed by atoms with E-state index in [1.807, 2.05) is 6.92 Å². The predicted molar refractivity (Wildman–Crippen MR) is 78.2 cm³/mol. The summed E-state index contributed by atoms with van der Waals surface area (Å²) in [5, 5.41) is 1.53. The molecule has 0 saturated heterocycles. The molecule has 1 rings (SSSR count). The molecule has 19 heavy (non-hydrogen) atoms. The van der Waals surface area contributed by atoms with E-state index in [2.05, 4.69) is 0 Å². The Morgan fingerprint density at radius 2 is 1.68 bits per heavy atom. The van der Waals surface area contributed by atoms with Crippen molar-refractivity contribution in [3.05, 3.63) is 24.3 Å². The molecular formula is C11H18N2O4S2. The van der Waals surface area contributed by atoms with Crippen LogP contribution < -0.4 is 9.37 Å². The van der Waals surface area contributed by atoms with Crippen molar-refractivity contribution in [2.24, 2.45) is 0 Å². The van der Waals surface area contributed by atoms with Crippen LogP contribution in [-0.4, -0.2) is 35.4 Å². The van der Waals surface area contributed by atoms with Crippen molar-refractivity contribution in [2.75, 3.05) is 36.3 Å². The van der Waals surface area contributed by atoms with Gasteiger partial charge in [-0.15, -0.1) is 0 Å². The maximum atomic E-state index is 11.5. The Hall–Kier alpha value is -0.960. The Kier molecular flexibility index (Phi) is 6.43. The van der Waals surface area contributed by atoms with Crippen LogP contribution in [0.5, 0.6) is 0 Å². The van der Waals surface area contributed by atoms with Crippen molar-refractivity contribution in [3.8, 4) is 0 Å². The van der Waals surface area contributed by atoms with E-state index in [0.29, 0.717) is 6.54 Å². The van der Waals surface area contributed by atoms with Crippen molar-refractivity contribution in [1.82, 2.24) is 0 Å². The smallest absolute Gasteiger partial charge is 0.263 e. The molecule has 1 aromatic carbocycles. The van der Waals surface area contributed by atoms with Gasteiger partial charge >= 0.3 is 0 Å². The summed E-state index contributed by atoms with van der Waals surface area (Å²) in [5.41, 5.74) is 1.52. The number of nitrogens with zero attached hydrogens (tertiary/aromatic N) is 2. The highest BCUT2D eigenvalue weighted by molar-refractivity contribution is 7.81. The first kappa shape index (κ1) is 16.1. The summed E-state index contributed by atoms with van der Waals surface area (Å²) in [5.74, 6) is 0. The third-order valence-corrected chi connectivity index (χ3v) is 3.68. The summed E-state index contributed by atoms with van der Waals surface area (Å²) in [6.07, 6.45) is 1.46. The van der Waals surface area contributed by atoms with E-state index in [1.54, 1.807) is 31.3 Å². The first-order chi connectivity index (χ1) is 8.99. The lowest BCUT2D eigenvalue weighted by molar-refractivity contribution is 0.316. The van der Waals surface area contributed by atoms with Gasteiger partial charge in [0.15, 0.2) is 11.1 Å². The van der Waals surface area contributed by atoms with Crippen LogP contribution in [0.1, 0.15) is 6.92 Å². The average Bonchev–Trinajstić information content (AvgIpc) is 2.43. The zero-order valence-electron chi connectivity index (χ0n) is 11.4. The van der Waals surface area contributed by atoms with E-state index in [1.165, 1.54) is 22.7 Å². The molecule has 0 aliphatic heterocycles.